The highest BCUT2D eigenvalue weighted by molar-refractivity contribution is 4.58. The summed E-state index contributed by atoms with van der Waals surface area (Å²) in [6.07, 6.45) is -0.104. The molecule has 0 aromatic rings. The summed E-state index contributed by atoms with van der Waals surface area (Å²) < 4.78 is 9.90. The Bertz CT molecular complexity index is 70.6. The van der Waals surface area contributed by atoms with Crippen LogP contribution in [0.1, 0.15) is 0 Å². The average Bonchev–Trinajstić information content (AvgIpc) is 2.13. The Morgan fingerprint density at radius 3 is 3.33 bits per heavy atom. The van der Waals surface area contributed by atoms with Crippen LogP contribution in [0.25, 0.3) is 0 Å². The third kappa shape index (κ3) is 2.28. The maximum absolute atomic E-state index is 8.60. The van der Waals surface area contributed by atoms with Crippen LogP contribution in [0.5, 0.6) is 0 Å². The van der Waals surface area contributed by atoms with Gasteiger partial charge in [0.2, 0.25) is 0 Å². The molecule has 0 aliphatic carbocycles. The SMILES string of the molecule is OC[C@H]1CNCOCO1. The summed E-state index contributed by atoms with van der Waals surface area (Å²) in [4.78, 5) is 0. The van der Waals surface area contributed by atoms with Crippen molar-refractivity contribution >= 4 is 0 Å². The molecule has 0 bridgehead atoms. The minimum Gasteiger partial charge on any atom is -0.394 e. The molecule has 1 aliphatic rings. The van der Waals surface area contributed by atoms with E-state index in [-0.39, 0.29) is 19.5 Å². The second-order valence-electron chi connectivity index (χ2n) is 1.89. The summed E-state index contributed by atoms with van der Waals surface area (Å²) in [6, 6.07) is 0. The van der Waals surface area contributed by atoms with Gasteiger partial charge >= 0.3 is 0 Å². The lowest BCUT2D eigenvalue weighted by atomic mass is 10.4. The predicted octanol–water partition coefficient (Wildman–Crippen LogP) is -1.10. The molecule has 0 radical (unpaired) electrons. The number of rotatable bonds is 1. The minimum absolute atomic E-state index is 0.0519. The maximum atomic E-state index is 8.60. The van der Waals surface area contributed by atoms with Gasteiger partial charge in [-0.3, -0.25) is 5.32 Å². The summed E-state index contributed by atoms with van der Waals surface area (Å²) in [5.74, 6) is 0. The normalized spacial score (nSPS) is 29.7. The first-order valence-electron chi connectivity index (χ1n) is 2.94. The molecule has 1 fully saturated rings. The van der Waals surface area contributed by atoms with Crippen LogP contribution >= 0.6 is 0 Å². The van der Waals surface area contributed by atoms with Gasteiger partial charge in [0.1, 0.15) is 6.79 Å². The fraction of sp³-hybridized carbons (Fsp3) is 1.00. The fourth-order valence-electron chi connectivity index (χ4n) is 0.654. The molecule has 1 atom stereocenters. The fourth-order valence-corrected chi connectivity index (χ4v) is 0.654. The first kappa shape index (κ1) is 6.95. The van der Waals surface area contributed by atoms with Gasteiger partial charge in [-0.1, -0.05) is 0 Å². The lowest BCUT2D eigenvalue weighted by molar-refractivity contribution is -0.0782. The van der Waals surface area contributed by atoms with Crippen LogP contribution in [0.4, 0.5) is 0 Å². The zero-order valence-electron chi connectivity index (χ0n) is 5.17. The van der Waals surface area contributed by atoms with Crippen molar-refractivity contribution in [1.29, 1.82) is 0 Å². The Morgan fingerprint density at radius 1 is 1.67 bits per heavy atom. The molecule has 0 aromatic carbocycles. The summed E-state index contributed by atoms with van der Waals surface area (Å²) >= 11 is 0. The highest BCUT2D eigenvalue weighted by atomic mass is 16.7. The van der Waals surface area contributed by atoms with Crippen LogP contribution in [0.3, 0.4) is 0 Å². The van der Waals surface area contributed by atoms with Gasteiger partial charge in [-0.25, -0.2) is 0 Å². The van der Waals surface area contributed by atoms with Crippen LogP contribution in [-0.2, 0) is 9.47 Å². The second-order valence-corrected chi connectivity index (χ2v) is 1.89. The van der Waals surface area contributed by atoms with E-state index in [1.165, 1.54) is 0 Å². The minimum atomic E-state index is -0.104. The highest BCUT2D eigenvalue weighted by Crippen LogP contribution is 1.92. The molecule has 54 valence electrons. The molecule has 0 amide bonds. The van der Waals surface area contributed by atoms with Crippen molar-refractivity contribution in [3.05, 3.63) is 0 Å². The van der Waals surface area contributed by atoms with Gasteiger partial charge in [0.15, 0.2) is 0 Å². The maximum Gasteiger partial charge on any atom is 0.149 e. The highest BCUT2D eigenvalue weighted by Gasteiger charge is 2.09. The van der Waals surface area contributed by atoms with Crippen LogP contribution in [-0.4, -0.2) is 37.9 Å². The number of hydrogen-bond acceptors (Lipinski definition) is 4. The zero-order valence-corrected chi connectivity index (χ0v) is 5.17. The van der Waals surface area contributed by atoms with Crippen LogP contribution in [0.2, 0.25) is 0 Å². The molecular formula is C5H11NO3. The van der Waals surface area contributed by atoms with Crippen molar-refractivity contribution in [1.82, 2.24) is 5.32 Å². The average molecular weight is 133 g/mol. The van der Waals surface area contributed by atoms with Crippen molar-refractivity contribution in [2.24, 2.45) is 0 Å². The lowest BCUT2D eigenvalue weighted by Crippen LogP contribution is -2.28. The summed E-state index contributed by atoms with van der Waals surface area (Å²) in [5, 5.41) is 11.5. The van der Waals surface area contributed by atoms with Gasteiger partial charge in [0.05, 0.1) is 19.4 Å². The number of hydrogen-bond donors (Lipinski definition) is 2. The Morgan fingerprint density at radius 2 is 2.56 bits per heavy atom. The summed E-state index contributed by atoms with van der Waals surface area (Å²) in [7, 11) is 0. The third-order valence-electron chi connectivity index (χ3n) is 1.17. The second kappa shape index (κ2) is 3.79. The molecule has 0 unspecified atom stereocenters. The van der Waals surface area contributed by atoms with E-state index in [0.29, 0.717) is 13.3 Å². The first-order chi connectivity index (χ1) is 4.43. The van der Waals surface area contributed by atoms with Gasteiger partial charge in [-0.05, 0) is 0 Å². The smallest absolute Gasteiger partial charge is 0.149 e. The van der Waals surface area contributed by atoms with E-state index in [9.17, 15) is 0 Å². The van der Waals surface area contributed by atoms with Crippen molar-refractivity contribution in [2.75, 3.05) is 26.7 Å². The molecule has 2 N–H and O–H groups in total. The van der Waals surface area contributed by atoms with Crippen molar-refractivity contribution in [3.63, 3.8) is 0 Å². The van der Waals surface area contributed by atoms with Gasteiger partial charge < -0.3 is 14.6 Å². The van der Waals surface area contributed by atoms with Gasteiger partial charge in [-0.15, -0.1) is 0 Å². The number of aliphatic hydroxyl groups excluding tert-OH is 1. The molecule has 0 saturated carbocycles. The quantitative estimate of drug-likeness (QED) is 0.476. The Hall–Kier alpha value is -0.160. The van der Waals surface area contributed by atoms with Gasteiger partial charge in [0.25, 0.3) is 0 Å². The number of aliphatic hydroxyl groups is 1. The van der Waals surface area contributed by atoms with E-state index < -0.39 is 0 Å². The Labute approximate surface area is 53.8 Å². The van der Waals surface area contributed by atoms with E-state index >= 15 is 0 Å². The molecule has 1 aliphatic heterocycles. The molecule has 0 aromatic heterocycles. The lowest BCUT2D eigenvalue weighted by Gasteiger charge is -2.08. The molecule has 9 heavy (non-hydrogen) atoms. The van der Waals surface area contributed by atoms with E-state index in [4.69, 9.17) is 14.6 Å². The van der Waals surface area contributed by atoms with Crippen molar-refractivity contribution in [3.8, 4) is 0 Å². The van der Waals surface area contributed by atoms with Crippen LogP contribution < -0.4 is 5.32 Å². The monoisotopic (exact) mass is 133 g/mol. The molecule has 4 nitrogen and oxygen atoms in total. The Balaban J connectivity index is 2.18. The Kier molecular flexibility index (Phi) is 2.93. The molecule has 1 saturated heterocycles. The van der Waals surface area contributed by atoms with Crippen LogP contribution in [0.15, 0.2) is 0 Å². The van der Waals surface area contributed by atoms with Gasteiger partial charge in [0, 0.05) is 6.54 Å². The molecule has 1 heterocycles. The molecule has 1 rings (SSSR count). The van der Waals surface area contributed by atoms with E-state index in [1.807, 2.05) is 0 Å². The molecular weight excluding hydrogens is 122 g/mol. The standard InChI is InChI=1S/C5H11NO3/c7-2-5-1-6-3-8-4-9-5/h5-7H,1-4H2/t5-/m1/s1. The third-order valence-corrected chi connectivity index (χ3v) is 1.17. The topological polar surface area (TPSA) is 50.7 Å². The first-order valence-corrected chi connectivity index (χ1v) is 2.94. The zero-order chi connectivity index (χ0) is 6.53. The van der Waals surface area contributed by atoms with Crippen LogP contribution in [0, 0.1) is 0 Å². The number of nitrogens with one attached hydrogen (secondary N) is 1. The summed E-state index contributed by atoms with van der Waals surface area (Å²) in [5.41, 5.74) is 0. The largest absolute Gasteiger partial charge is 0.394 e. The van der Waals surface area contributed by atoms with Crippen molar-refractivity contribution in [2.45, 2.75) is 6.10 Å². The van der Waals surface area contributed by atoms with Crippen molar-refractivity contribution < 1.29 is 14.6 Å². The number of ether oxygens (including phenoxy) is 2. The van der Waals surface area contributed by atoms with E-state index in [0.717, 1.165) is 0 Å². The van der Waals surface area contributed by atoms with E-state index in [2.05, 4.69) is 5.32 Å². The molecule has 0 spiro atoms. The van der Waals surface area contributed by atoms with Gasteiger partial charge in [-0.2, -0.15) is 0 Å². The molecule has 4 heteroatoms. The predicted molar refractivity (Wildman–Crippen MR) is 30.8 cm³/mol. The summed E-state index contributed by atoms with van der Waals surface area (Å²) in [6.45, 7) is 1.50. The van der Waals surface area contributed by atoms with E-state index in [1.54, 1.807) is 0 Å².